The van der Waals surface area contributed by atoms with Crippen molar-refractivity contribution in [1.82, 2.24) is 25.1 Å². The molecule has 8 nitrogen and oxygen atoms in total. The number of carbonyl (C=O) groups excluding carboxylic acids is 1. The molecule has 38 heavy (non-hydrogen) atoms. The van der Waals surface area contributed by atoms with E-state index in [0.717, 1.165) is 22.8 Å². The highest BCUT2D eigenvalue weighted by molar-refractivity contribution is 5.92. The minimum absolute atomic E-state index is 0.260. The maximum absolute atomic E-state index is 14.0. The number of hydrogen-bond acceptors (Lipinski definition) is 5. The van der Waals surface area contributed by atoms with Crippen LogP contribution in [-0.2, 0) is 5.41 Å². The quantitative estimate of drug-likeness (QED) is 0.249. The maximum atomic E-state index is 14.0. The van der Waals surface area contributed by atoms with Gasteiger partial charge in [0.25, 0.3) is 5.91 Å². The molecule has 2 aromatic carbocycles. The zero-order valence-corrected chi connectivity index (χ0v) is 21.3. The van der Waals surface area contributed by atoms with Crippen LogP contribution in [0, 0.1) is 11.6 Å². The summed E-state index contributed by atoms with van der Waals surface area (Å²) in [6, 6.07) is 15.8. The van der Waals surface area contributed by atoms with Crippen molar-refractivity contribution in [1.29, 1.82) is 0 Å². The molecule has 10 heteroatoms. The SMILES string of the molecule is CNC(=O)c1cc(Oc2ccc(Nc3cc4c(C(C)(C)C)nn(-c5cc(F)cc(F)c5)c4[nH]3)cc2)ccn1. The fourth-order valence-electron chi connectivity index (χ4n) is 4.09. The number of nitrogens with one attached hydrogen (secondary N) is 3. The van der Waals surface area contributed by atoms with E-state index in [9.17, 15) is 13.6 Å². The highest BCUT2D eigenvalue weighted by Gasteiger charge is 2.25. The van der Waals surface area contributed by atoms with Crippen molar-refractivity contribution in [2.45, 2.75) is 26.2 Å². The maximum Gasteiger partial charge on any atom is 0.269 e. The number of amides is 1. The summed E-state index contributed by atoms with van der Waals surface area (Å²) in [7, 11) is 1.54. The summed E-state index contributed by atoms with van der Waals surface area (Å²) in [6.45, 7) is 6.10. The molecule has 0 saturated heterocycles. The first-order valence-electron chi connectivity index (χ1n) is 11.9. The Kier molecular flexibility index (Phi) is 6.31. The van der Waals surface area contributed by atoms with Crippen molar-refractivity contribution < 1.29 is 18.3 Å². The summed E-state index contributed by atoms with van der Waals surface area (Å²) in [5, 5.41) is 11.4. The van der Waals surface area contributed by atoms with Gasteiger partial charge < -0.3 is 20.4 Å². The summed E-state index contributed by atoms with van der Waals surface area (Å²) >= 11 is 0. The van der Waals surface area contributed by atoms with Gasteiger partial charge in [-0.25, -0.2) is 13.5 Å². The molecule has 0 atom stereocenters. The fraction of sp³-hybridized carbons (Fsp3) is 0.179. The molecule has 3 N–H and O–H groups in total. The van der Waals surface area contributed by atoms with E-state index in [-0.39, 0.29) is 22.7 Å². The number of fused-ring (bicyclic) bond motifs is 1. The van der Waals surface area contributed by atoms with Gasteiger partial charge in [0, 0.05) is 41.9 Å². The van der Waals surface area contributed by atoms with E-state index in [1.54, 1.807) is 24.3 Å². The van der Waals surface area contributed by atoms with Gasteiger partial charge in [-0.05, 0) is 48.5 Å². The van der Waals surface area contributed by atoms with Gasteiger partial charge in [-0.15, -0.1) is 0 Å². The van der Waals surface area contributed by atoms with Gasteiger partial charge in [0.2, 0.25) is 0 Å². The Morgan fingerprint density at radius 1 is 0.974 bits per heavy atom. The van der Waals surface area contributed by atoms with Crippen LogP contribution in [-0.4, -0.2) is 32.7 Å². The van der Waals surface area contributed by atoms with Gasteiger partial charge in [0.1, 0.15) is 40.3 Å². The van der Waals surface area contributed by atoms with Gasteiger partial charge in [-0.1, -0.05) is 20.8 Å². The lowest BCUT2D eigenvalue weighted by atomic mass is 9.91. The number of aromatic amines is 1. The van der Waals surface area contributed by atoms with Crippen LogP contribution in [0.4, 0.5) is 20.3 Å². The van der Waals surface area contributed by atoms with Crippen molar-refractivity contribution in [3.8, 4) is 17.2 Å². The van der Waals surface area contributed by atoms with E-state index in [2.05, 4.69) is 25.7 Å². The van der Waals surface area contributed by atoms with Crippen molar-refractivity contribution in [3.63, 3.8) is 0 Å². The molecular weight excluding hydrogens is 490 g/mol. The molecule has 0 bridgehead atoms. The molecule has 0 saturated carbocycles. The number of halogens is 2. The highest BCUT2D eigenvalue weighted by Crippen LogP contribution is 2.34. The Morgan fingerprint density at radius 2 is 1.68 bits per heavy atom. The molecule has 0 fully saturated rings. The van der Waals surface area contributed by atoms with Crippen LogP contribution in [0.15, 0.2) is 66.9 Å². The molecule has 0 aliphatic carbocycles. The van der Waals surface area contributed by atoms with Crippen molar-refractivity contribution in [3.05, 3.63) is 89.9 Å². The van der Waals surface area contributed by atoms with Crippen LogP contribution in [0.25, 0.3) is 16.7 Å². The van der Waals surface area contributed by atoms with Gasteiger partial charge in [-0.2, -0.15) is 5.10 Å². The summed E-state index contributed by atoms with van der Waals surface area (Å²) in [4.78, 5) is 19.1. The highest BCUT2D eigenvalue weighted by atomic mass is 19.1. The van der Waals surface area contributed by atoms with E-state index in [4.69, 9.17) is 4.74 Å². The Bertz CT molecular complexity index is 1610. The van der Waals surface area contributed by atoms with Crippen LogP contribution in [0.3, 0.4) is 0 Å². The van der Waals surface area contributed by atoms with Gasteiger partial charge in [0.15, 0.2) is 0 Å². The predicted molar refractivity (Wildman–Crippen MR) is 141 cm³/mol. The smallest absolute Gasteiger partial charge is 0.269 e. The number of carbonyl (C=O) groups is 1. The summed E-state index contributed by atoms with van der Waals surface area (Å²) in [5.74, 6) is 0.109. The number of ether oxygens (including phenoxy) is 1. The first-order valence-corrected chi connectivity index (χ1v) is 11.9. The van der Waals surface area contributed by atoms with Crippen molar-refractivity contribution in [2.24, 2.45) is 0 Å². The number of nitrogens with zero attached hydrogens (tertiary/aromatic N) is 3. The zero-order valence-electron chi connectivity index (χ0n) is 21.3. The van der Waals surface area contributed by atoms with Crippen molar-refractivity contribution >= 4 is 28.4 Å². The molecule has 3 aromatic heterocycles. The molecule has 5 rings (SSSR count). The third-order valence-corrected chi connectivity index (χ3v) is 5.83. The number of pyridine rings is 1. The standard InChI is InChI=1S/C28H26F2N6O2/c1-28(2,3)25-22-15-24(34-26(22)36(35-25)19-12-16(29)11-17(30)13-19)33-18-5-7-20(8-6-18)38-21-9-10-32-23(14-21)27(37)31-4/h5-15,33-34H,1-4H3,(H,31,37). The molecular formula is C28H26F2N6O2. The monoisotopic (exact) mass is 516 g/mol. The minimum atomic E-state index is -0.676. The molecule has 0 spiro atoms. The fourth-order valence-corrected chi connectivity index (χ4v) is 4.09. The van der Waals surface area contributed by atoms with Gasteiger partial charge in [-0.3, -0.25) is 9.78 Å². The first-order chi connectivity index (χ1) is 18.1. The van der Waals surface area contributed by atoms with Crippen LogP contribution < -0.4 is 15.4 Å². The number of hydrogen-bond donors (Lipinski definition) is 3. The topological polar surface area (TPSA) is 96.9 Å². The Hall–Kier alpha value is -4.73. The number of benzene rings is 2. The van der Waals surface area contributed by atoms with Crippen molar-refractivity contribution in [2.75, 3.05) is 12.4 Å². The van der Waals surface area contributed by atoms with E-state index in [1.807, 2.05) is 39.0 Å². The number of aromatic nitrogens is 4. The second-order valence-electron chi connectivity index (χ2n) is 9.79. The third-order valence-electron chi connectivity index (χ3n) is 5.83. The number of rotatable bonds is 6. The Labute approximate surface area is 217 Å². The van der Waals surface area contributed by atoms with Crippen LogP contribution in [0.2, 0.25) is 0 Å². The lowest BCUT2D eigenvalue weighted by Gasteiger charge is -2.15. The molecule has 0 aliphatic heterocycles. The summed E-state index contributed by atoms with van der Waals surface area (Å²) < 4.78 is 35.3. The zero-order chi connectivity index (χ0) is 27.0. The molecule has 3 heterocycles. The molecule has 194 valence electrons. The van der Waals surface area contributed by atoms with Crippen LogP contribution in [0.1, 0.15) is 37.0 Å². The lowest BCUT2D eigenvalue weighted by Crippen LogP contribution is -2.18. The van der Waals surface area contributed by atoms with Crippen LogP contribution in [0.5, 0.6) is 11.5 Å². The first kappa shape index (κ1) is 24.9. The molecule has 5 aromatic rings. The largest absolute Gasteiger partial charge is 0.457 e. The third kappa shape index (κ3) is 5.06. The summed E-state index contributed by atoms with van der Waals surface area (Å²) in [6.07, 6.45) is 1.51. The van der Waals surface area contributed by atoms with E-state index in [1.165, 1.54) is 30.1 Å². The minimum Gasteiger partial charge on any atom is -0.457 e. The molecule has 0 aliphatic rings. The second-order valence-corrected chi connectivity index (χ2v) is 9.79. The summed E-state index contributed by atoms with van der Waals surface area (Å²) in [5.41, 5.74) is 2.43. The van der Waals surface area contributed by atoms with E-state index >= 15 is 0 Å². The second kappa shape index (κ2) is 9.62. The van der Waals surface area contributed by atoms with E-state index < -0.39 is 11.6 Å². The number of H-pyrrole nitrogens is 1. The average Bonchev–Trinajstić information content (AvgIpc) is 3.42. The Balaban J connectivity index is 1.41. The van der Waals surface area contributed by atoms with Gasteiger partial charge in [0.05, 0.1) is 11.4 Å². The predicted octanol–water partition coefficient (Wildman–Crippen LogP) is 6.22. The van der Waals surface area contributed by atoms with E-state index in [0.29, 0.717) is 23.0 Å². The Morgan fingerprint density at radius 3 is 2.34 bits per heavy atom. The number of anilines is 2. The van der Waals surface area contributed by atoms with Gasteiger partial charge >= 0.3 is 0 Å². The molecule has 1 amide bonds. The molecule has 0 unspecified atom stereocenters. The average molecular weight is 517 g/mol. The normalized spacial score (nSPS) is 11.5. The lowest BCUT2D eigenvalue weighted by molar-refractivity contribution is 0.0958. The molecule has 0 radical (unpaired) electrons. The van der Waals surface area contributed by atoms with Crippen LogP contribution >= 0.6 is 0 Å².